The van der Waals surface area contributed by atoms with Crippen molar-refractivity contribution in [1.82, 2.24) is 0 Å². The van der Waals surface area contributed by atoms with Crippen LogP contribution in [0.3, 0.4) is 0 Å². The summed E-state index contributed by atoms with van der Waals surface area (Å²) in [5.41, 5.74) is 1.87. The van der Waals surface area contributed by atoms with Gasteiger partial charge in [0.05, 0.1) is 0 Å². The highest BCUT2D eigenvalue weighted by atomic mass is 16.4. The van der Waals surface area contributed by atoms with E-state index in [0.29, 0.717) is 22.3 Å². The van der Waals surface area contributed by atoms with E-state index in [1.807, 2.05) is 0 Å². The summed E-state index contributed by atoms with van der Waals surface area (Å²) in [7, 11) is -3.12. The Morgan fingerprint density at radius 1 is 0.789 bits per heavy atom. The second-order valence-corrected chi connectivity index (χ2v) is 4.09. The molecule has 2 rings (SSSR count). The summed E-state index contributed by atoms with van der Waals surface area (Å²) in [6.45, 7) is 0. The zero-order chi connectivity index (χ0) is 13.8. The van der Waals surface area contributed by atoms with Gasteiger partial charge in [0, 0.05) is 16.8 Å². The topological polar surface area (TPSA) is 93.0 Å². The minimum atomic E-state index is -1.57. The third-order valence-electron chi connectivity index (χ3n) is 2.70. The molecule has 0 aromatic heterocycles. The van der Waals surface area contributed by atoms with E-state index in [9.17, 15) is 10.0 Å². The van der Waals surface area contributed by atoms with Gasteiger partial charge in [0.1, 0.15) is 0 Å². The molecule has 96 valence electrons. The second kappa shape index (κ2) is 5.90. The maximum absolute atomic E-state index is 9.26. The number of rotatable bonds is 4. The summed E-state index contributed by atoms with van der Waals surface area (Å²) < 4.78 is 0. The molecule has 0 spiro atoms. The number of nitrogens with one attached hydrogen (secondary N) is 1. The normalized spacial score (nSPS) is 10.1. The number of benzene rings is 2. The fourth-order valence-corrected chi connectivity index (χ4v) is 1.77. The van der Waals surface area contributed by atoms with Crippen molar-refractivity contribution in [2.75, 3.05) is 5.32 Å². The number of hydrogen-bond acceptors (Lipinski definition) is 5. The molecule has 19 heavy (non-hydrogen) atoms. The number of anilines is 2. The predicted octanol–water partition coefficient (Wildman–Crippen LogP) is -1.21. The van der Waals surface area contributed by atoms with Gasteiger partial charge in [0.2, 0.25) is 0 Å². The first-order valence-electron chi connectivity index (χ1n) is 5.76. The summed E-state index contributed by atoms with van der Waals surface area (Å²) in [6.07, 6.45) is 0. The van der Waals surface area contributed by atoms with Gasteiger partial charge in [0.25, 0.3) is 0 Å². The first kappa shape index (κ1) is 13.6. The average molecular weight is 257 g/mol. The zero-order valence-electron chi connectivity index (χ0n) is 10.1. The third-order valence-corrected chi connectivity index (χ3v) is 2.70. The van der Waals surface area contributed by atoms with E-state index in [1.165, 1.54) is 0 Å². The van der Waals surface area contributed by atoms with Crippen molar-refractivity contribution in [2.24, 2.45) is 0 Å². The smallest absolute Gasteiger partial charge is 0.423 e. The van der Waals surface area contributed by atoms with Gasteiger partial charge in [-0.25, -0.2) is 0 Å². The molecule has 0 atom stereocenters. The van der Waals surface area contributed by atoms with Crippen LogP contribution in [0.2, 0.25) is 0 Å². The monoisotopic (exact) mass is 257 g/mol. The molecular weight excluding hydrogens is 244 g/mol. The third kappa shape index (κ3) is 3.36. The molecule has 0 fully saturated rings. The first-order valence-corrected chi connectivity index (χ1v) is 5.76. The molecule has 2 aromatic rings. The van der Waals surface area contributed by atoms with Crippen molar-refractivity contribution >= 4 is 36.5 Å². The summed E-state index contributed by atoms with van der Waals surface area (Å²) in [5, 5.41) is 39.7. The van der Waals surface area contributed by atoms with Crippen LogP contribution in [-0.2, 0) is 0 Å². The van der Waals surface area contributed by atoms with Crippen LogP contribution in [0.15, 0.2) is 48.5 Å². The number of para-hydroxylation sites is 1. The largest absolute Gasteiger partial charge is 0.490 e. The Morgan fingerprint density at radius 3 is 2.21 bits per heavy atom. The van der Waals surface area contributed by atoms with Crippen LogP contribution < -0.4 is 16.2 Å². The van der Waals surface area contributed by atoms with Gasteiger partial charge < -0.3 is 25.4 Å². The highest BCUT2D eigenvalue weighted by Gasteiger charge is 2.16. The molecular formula is C12H13B2NO4. The zero-order valence-corrected chi connectivity index (χ0v) is 10.1. The Morgan fingerprint density at radius 2 is 1.53 bits per heavy atom. The molecule has 7 heteroatoms. The lowest BCUT2D eigenvalue weighted by Crippen LogP contribution is -2.32. The Bertz CT molecular complexity index is 563. The van der Waals surface area contributed by atoms with Crippen LogP contribution in [-0.4, -0.2) is 34.3 Å². The van der Waals surface area contributed by atoms with Crippen LogP contribution in [0, 0.1) is 0 Å². The predicted molar refractivity (Wildman–Crippen MR) is 75.8 cm³/mol. The molecule has 0 unspecified atom stereocenters. The van der Waals surface area contributed by atoms with Crippen molar-refractivity contribution in [1.29, 1.82) is 0 Å². The van der Waals surface area contributed by atoms with E-state index in [1.54, 1.807) is 48.5 Å². The molecule has 0 radical (unpaired) electrons. The van der Waals surface area contributed by atoms with E-state index < -0.39 is 14.2 Å². The van der Waals surface area contributed by atoms with Crippen LogP contribution in [0.25, 0.3) is 0 Å². The minimum Gasteiger partial charge on any atom is -0.423 e. The molecule has 0 aliphatic heterocycles. The molecule has 2 aromatic carbocycles. The Labute approximate surface area is 111 Å². The van der Waals surface area contributed by atoms with Gasteiger partial charge in [-0.1, -0.05) is 30.3 Å². The summed E-state index contributed by atoms with van der Waals surface area (Å²) >= 11 is 0. The Balaban J connectivity index is 2.29. The molecule has 0 heterocycles. The lowest BCUT2D eigenvalue weighted by Gasteiger charge is -2.12. The van der Waals surface area contributed by atoms with Crippen molar-refractivity contribution in [3.05, 3.63) is 48.5 Å². The lowest BCUT2D eigenvalue weighted by molar-refractivity contribution is 0.424. The fourth-order valence-electron chi connectivity index (χ4n) is 1.77. The Hall–Kier alpha value is -1.79. The lowest BCUT2D eigenvalue weighted by atomic mass is 9.78. The summed E-state index contributed by atoms with van der Waals surface area (Å²) in [6, 6.07) is 13.3. The van der Waals surface area contributed by atoms with E-state index >= 15 is 0 Å². The van der Waals surface area contributed by atoms with Crippen LogP contribution in [0.5, 0.6) is 0 Å². The molecule has 5 nitrogen and oxygen atoms in total. The summed E-state index contributed by atoms with van der Waals surface area (Å²) in [4.78, 5) is 0. The van der Waals surface area contributed by atoms with Crippen molar-refractivity contribution in [3.8, 4) is 0 Å². The molecule has 5 N–H and O–H groups in total. The van der Waals surface area contributed by atoms with Gasteiger partial charge in [-0.15, -0.1) is 0 Å². The van der Waals surface area contributed by atoms with E-state index in [0.717, 1.165) is 0 Å². The highest BCUT2D eigenvalue weighted by molar-refractivity contribution is 6.60. The SMILES string of the molecule is OB(O)c1cccc(Nc2ccccc2B(O)O)c1. The van der Waals surface area contributed by atoms with Crippen LogP contribution >= 0.6 is 0 Å². The molecule has 0 saturated carbocycles. The van der Waals surface area contributed by atoms with Crippen LogP contribution in [0.4, 0.5) is 11.4 Å². The summed E-state index contributed by atoms with van der Waals surface area (Å²) in [5.74, 6) is 0. The molecule has 0 aliphatic rings. The van der Waals surface area contributed by atoms with Gasteiger partial charge >= 0.3 is 14.2 Å². The molecule has 0 bridgehead atoms. The second-order valence-electron chi connectivity index (χ2n) is 4.09. The maximum Gasteiger partial charge on any atom is 0.490 e. The van der Waals surface area contributed by atoms with Crippen molar-refractivity contribution in [3.63, 3.8) is 0 Å². The van der Waals surface area contributed by atoms with Gasteiger partial charge in [-0.05, 0) is 23.7 Å². The van der Waals surface area contributed by atoms with Gasteiger partial charge in [0.15, 0.2) is 0 Å². The van der Waals surface area contributed by atoms with E-state index in [2.05, 4.69) is 5.32 Å². The first-order chi connectivity index (χ1) is 9.08. The van der Waals surface area contributed by atoms with Gasteiger partial charge in [-0.3, -0.25) is 0 Å². The highest BCUT2D eigenvalue weighted by Crippen LogP contribution is 2.13. The minimum absolute atomic E-state index is 0.345. The molecule has 0 amide bonds. The Kier molecular flexibility index (Phi) is 4.24. The molecule has 0 saturated heterocycles. The molecule has 0 aliphatic carbocycles. The van der Waals surface area contributed by atoms with Gasteiger partial charge in [-0.2, -0.15) is 0 Å². The number of hydrogen-bond donors (Lipinski definition) is 5. The van der Waals surface area contributed by atoms with E-state index in [-0.39, 0.29) is 0 Å². The van der Waals surface area contributed by atoms with Crippen molar-refractivity contribution < 1.29 is 20.1 Å². The fraction of sp³-hybridized carbons (Fsp3) is 0. The van der Waals surface area contributed by atoms with Crippen LogP contribution in [0.1, 0.15) is 0 Å². The van der Waals surface area contributed by atoms with Crippen molar-refractivity contribution in [2.45, 2.75) is 0 Å². The quantitative estimate of drug-likeness (QED) is 0.443. The maximum atomic E-state index is 9.26. The average Bonchev–Trinajstić information content (AvgIpc) is 2.39. The standard InChI is InChI=1S/C12H13B2NO4/c16-13(17)9-4-3-5-10(8-9)15-12-7-2-1-6-11(12)14(18)19/h1-8,15-19H. The van der Waals surface area contributed by atoms with E-state index in [4.69, 9.17) is 10.0 Å².